The van der Waals surface area contributed by atoms with Crippen molar-refractivity contribution in [3.8, 4) is 5.75 Å². The summed E-state index contributed by atoms with van der Waals surface area (Å²) in [5, 5.41) is 9.92. The molecule has 2 aromatic rings. The van der Waals surface area contributed by atoms with Crippen molar-refractivity contribution in [2.24, 2.45) is 17.8 Å². The molecular formula is C28H35N3O3. The molecule has 4 bridgehead atoms. The van der Waals surface area contributed by atoms with Crippen LogP contribution in [0.3, 0.4) is 0 Å². The molecule has 0 heterocycles. The normalized spacial score (nSPS) is 27.6. The van der Waals surface area contributed by atoms with Crippen LogP contribution in [0.2, 0.25) is 0 Å². The van der Waals surface area contributed by atoms with E-state index in [1.165, 1.54) is 45.4 Å². The number of hydrogen-bond donors (Lipinski definition) is 3. The fourth-order valence-electron chi connectivity index (χ4n) is 6.97. The van der Waals surface area contributed by atoms with Gasteiger partial charge in [0.1, 0.15) is 5.75 Å². The zero-order valence-electron chi connectivity index (χ0n) is 20.1. The van der Waals surface area contributed by atoms with Crippen LogP contribution < -0.4 is 20.7 Å². The summed E-state index contributed by atoms with van der Waals surface area (Å²) < 4.78 is 5.23. The first-order chi connectivity index (χ1) is 16.4. The average Bonchev–Trinajstić information content (AvgIpc) is 2.78. The number of carbonyl (C=O) groups excluding carboxylic acids is 2. The maximum absolute atomic E-state index is 13.1. The van der Waals surface area contributed by atoms with Crippen molar-refractivity contribution in [2.45, 2.75) is 63.5 Å². The summed E-state index contributed by atoms with van der Waals surface area (Å²) in [6.45, 7) is 1.47. The molecular weight excluding hydrogens is 426 g/mol. The van der Waals surface area contributed by atoms with Crippen LogP contribution in [0.4, 0.5) is 11.4 Å². The van der Waals surface area contributed by atoms with Crippen molar-refractivity contribution in [1.82, 2.24) is 5.32 Å². The minimum Gasteiger partial charge on any atom is -0.497 e. The molecule has 0 saturated heterocycles. The standard InChI is InChI=1S/C28H35N3O3/c1-18(32)29-26(22-7-9-23(34-2)10-8-22)14-27(33)30-24-5-3-4-6-25(24)31-28-15-19-11-20(16-28)13-21(12-19)17-28/h3-10,19-21,26,31H,11-17H2,1-2H3,(H,29,32)(H,30,33). The average molecular weight is 462 g/mol. The first-order valence-corrected chi connectivity index (χ1v) is 12.5. The summed E-state index contributed by atoms with van der Waals surface area (Å²) in [7, 11) is 1.61. The smallest absolute Gasteiger partial charge is 0.226 e. The van der Waals surface area contributed by atoms with E-state index in [0.717, 1.165) is 40.4 Å². The molecule has 0 spiro atoms. The maximum Gasteiger partial charge on any atom is 0.226 e. The van der Waals surface area contributed by atoms with Crippen LogP contribution in [0.15, 0.2) is 48.5 Å². The second-order valence-electron chi connectivity index (χ2n) is 10.6. The number of para-hydroxylation sites is 2. The minimum atomic E-state index is -0.410. The van der Waals surface area contributed by atoms with Crippen LogP contribution in [-0.2, 0) is 9.59 Å². The molecule has 4 aliphatic rings. The largest absolute Gasteiger partial charge is 0.497 e. The van der Waals surface area contributed by atoms with Gasteiger partial charge in [0.15, 0.2) is 0 Å². The molecule has 1 unspecified atom stereocenters. The van der Waals surface area contributed by atoms with Gasteiger partial charge in [-0.15, -0.1) is 0 Å². The van der Waals surface area contributed by atoms with Crippen molar-refractivity contribution in [3.63, 3.8) is 0 Å². The number of hydrogen-bond acceptors (Lipinski definition) is 4. The van der Waals surface area contributed by atoms with E-state index in [4.69, 9.17) is 4.74 Å². The van der Waals surface area contributed by atoms with Crippen LogP contribution in [0.1, 0.15) is 63.5 Å². The number of carbonyl (C=O) groups is 2. The van der Waals surface area contributed by atoms with E-state index in [0.29, 0.717) is 0 Å². The molecule has 0 aromatic heterocycles. The second kappa shape index (κ2) is 9.32. The fourth-order valence-corrected chi connectivity index (χ4v) is 6.97. The molecule has 2 amide bonds. The summed E-state index contributed by atoms with van der Waals surface area (Å²) >= 11 is 0. The fraction of sp³-hybridized carbons (Fsp3) is 0.500. The highest BCUT2D eigenvalue weighted by atomic mass is 16.5. The highest BCUT2D eigenvalue weighted by molar-refractivity contribution is 5.95. The predicted molar refractivity (Wildman–Crippen MR) is 134 cm³/mol. The van der Waals surface area contributed by atoms with Gasteiger partial charge in [0.2, 0.25) is 11.8 Å². The Balaban J connectivity index is 1.29. The van der Waals surface area contributed by atoms with Gasteiger partial charge in [-0.1, -0.05) is 24.3 Å². The molecule has 0 radical (unpaired) electrons. The summed E-state index contributed by atoms with van der Waals surface area (Å²) in [6.07, 6.45) is 8.06. The molecule has 6 heteroatoms. The molecule has 3 N–H and O–H groups in total. The predicted octanol–water partition coefficient (Wildman–Crippen LogP) is 5.28. The lowest BCUT2D eigenvalue weighted by atomic mass is 9.53. The Labute approximate surface area is 201 Å². The van der Waals surface area contributed by atoms with Gasteiger partial charge in [0.05, 0.1) is 30.9 Å². The summed E-state index contributed by atoms with van der Waals surface area (Å²) in [6, 6.07) is 15.0. The molecule has 4 aliphatic carbocycles. The van der Waals surface area contributed by atoms with Crippen LogP contribution in [0.5, 0.6) is 5.75 Å². The van der Waals surface area contributed by atoms with Gasteiger partial charge < -0.3 is 20.7 Å². The number of ether oxygens (including phenoxy) is 1. The Morgan fingerprint density at radius 1 is 0.941 bits per heavy atom. The molecule has 2 aromatic carbocycles. The zero-order chi connectivity index (χ0) is 23.7. The number of rotatable bonds is 8. The molecule has 6 rings (SSSR count). The van der Waals surface area contributed by atoms with Crippen molar-refractivity contribution in [1.29, 1.82) is 0 Å². The summed E-state index contributed by atoms with van der Waals surface area (Å²) in [5.74, 6) is 2.99. The van der Waals surface area contributed by atoms with Crippen molar-refractivity contribution in [2.75, 3.05) is 17.7 Å². The first-order valence-electron chi connectivity index (χ1n) is 12.5. The molecule has 180 valence electrons. The van der Waals surface area contributed by atoms with E-state index in [2.05, 4.69) is 22.0 Å². The van der Waals surface area contributed by atoms with Crippen molar-refractivity contribution < 1.29 is 14.3 Å². The lowest BCUT2D eigenvalue weighted by molar-refractivity contribution is -0.120. The van der Waals surface area contributed by atoms with Crippen LogP contribution in [0, 0.1) is 17.8 Å². The Kier molecular flexibility index (Phi) is 6.24. The number of anilines is 2. The van der Waals surface area contributed by atoms with E-state index in [1.54, 1.807) is 7.11 Å². The van der Waals surface area contributed by atoms with E-state index in [9.17, 15) is 9.59 Å². The third-order valence-electron chi connectivity index (χ3n) is 7.92. The van der Waals surface area contributed by atoms with Gasteiger partial charge in [-0.2, -0.15) is 0 Å². The van der Waals surface area contributed by atoms with Gasteiger partial charge in [-0.05, 0) is 86.1 Å². The quantitative estimate of drug-likeness (QED) is 0.500. The third-order valence-corrected chi connectivity index (χ3v) is 7.92. The molecule has 1 atom stereocenters. The molecule has 6 nitrogen and oxygen atoms in total. The van der Waals surface area contributed by atoms with Crippen LogP contribution in [0.25, 0.3) is 0 Å². The molecule has 4 saturated carbocycles. The summed E-state index contributed by atoms with van der Waals surface area (Å²) in [5.41, 5.74) is 2.83. The van der Waals surface area contributed by atoms with Crippen LogP contribution >= 0.6 is 0 Å². The van der Waals surface area contributed by atoms with Gasteiger partial charge in [0, 0.05) is 12.5 Å². The number of nitrogens with one attached hydrogen (secondary N) is 3. The van der Waals surface area contributed by atoms with E-state index >= 15 is 0 Å². The Bertz CT molecular complexity index is 1010. The van der Waals surface area contributed by atoms with Crippen molar-refractivity contribution in [3.05, 3.63) is 54.1 Å². The van der Waals surface area contributed by atoms with Crippen molar-refractivity contribution >= 4 is 23.2 Å². The molecule has 4 fully saturated rings. The van der Waals surface area contributed by atoms with Gasteiger partial charge in [0.25, 0.3) is 0 Å². The van der Waals surface area contributed by atoms with Gasteiger partial charge in [-0.25, -0.2) is 0 Å². The first kappa shape index (κ1) is 22.8. The van der Waals surface area contributed by atoms with Gasteiger partial charge >= 0.3 is 0 Å². The minimum absolute atomic E-state index is 0.130. The Hall–Kier alpha value is -3.02. The summed E-state index contributed by atoms with van der Waals surface area (Å²) in [4.78, 5) is 24.9. The zero-order valence-corrected chi connectivity index (χ0v) is 20.1. The maximum atomic E-state index is 13.1. The second-order valence-corrected chi connectivity index (χ2v) is 10.6. The van der Waals surface area contributed by atoms with E-state index in [1.807, 2.05) is 42.5 Å². The highest BCUT2D eigenvalue weighted by Gasteiger charge is 2.51. The SMILES string of the molecule is COc1ccc(C(CC(=O)Nc2ccccc2NC23CC4CC(CC(C4)C2)C3)NC(C)=O)cc1. The monoisotopic (exact) mass is 461 g/mol. The van der Waals surface area contributed by atoms with Crippen LogP contribution in [-0.4, -0.2) is 24.5 Å². The Morgan fingerprint density at radius 3 is 2.09 bits per heavy atom. The third kappa shape index (κ3) is 4.91. The van der Waals surface area contributed by atoms with E-state index < -0.39 is 6.04 Å². The molecule has 34 heavy (non-hydrogen) atoms. The van der Waals surface area contributed by atoms with E-state index in [-0.39, 0.29) is 23.8 Å². The number of methoxy groups -OCH3 is 1. The van der Waals surface area contributed by atoms with Gasteiger partial charge in [-0.3, -0.25) is 9.59 Å². The highest BCUT2D eigenvalue weighted by Crippen LogP contribution is 2.56. The Morgan fingerprint density at radius 2 is 1.53 bits per heavy atom. The topological polar surface area (TPSA) is 79.5 Å². The molecule has 0 aliphatic heterocycles. The number of benzene rings is 2. The lowest BCUT2D eigenvalue weighted by Crippen LogP contribution is -2.54. The number of amides is 2. The lowest BCUT2D eigenvalue weighted by Gasteiger charge is -2.57.